The molecule has 15 heavy (non-hydrogen) atoms. The van der Waals surface area contributed by atoms with E-state index in [-0.39, 0.29) is 11.9 Å². The normalized spacial score (nSPS) is 11.9. The predicted molar refractivity (Wildman–Crippen MR) is 65.8 cm³/mol. The fourth-order valence-corrected chi connectivity index (χ4v) is 1.44. The molecule has 0 radical (unpaired) electrons. The van der Waals surface area contributed by atoms with E-state index in [4.69, 9.17) is 0 Å². The van der Waals surface area contributed by atoms with Crippen molar-refractivity contribution in [2.24, 2.45) is 0 Å². The maximum Gasteiger partial charge on any atom is 0.257 e. The molecule has 80 valence electrons. The molecule has 0 fully saturated rings. The second-order valence-corrected chi connectivity index (χ2v) is 4.43. The molecule has 2 nitrogen and oxygen atoms in total. The molecule has 1 aromatic rings. The number of carbonyl (C=O) groups excluding carboxylic acids is 1. The zero-order valence-electron chi connectivity index (χ0n) is 8.66. The number of halogens is 1. The largest absolute Gasteiger partial charge is 0.349 e. The van der Waals surface area contributed by atoms with Crippen LogP contribution in [-0.2, 0) is 11.2 Å². The van der Waals surface area contributed by atoms with E-state index < -0.39 is 0 Å². The van der Waals surface area contributed by atoms with Crippen molar-refractivity contribution in [3.8, 4) is 0 Å². The maximum absolute atomic E-state index is 11.3. The Morgan fingerprint density at radius 3 is 2.60 bits per heavy atom. The molecule has 0 aliphatic heterocycles. The molecule has 0 bridgehead atoms. The first-order valence-electron chi connectivity index (χ1n) is 4.79. The van der Waals surface area contributed by atoms with Gasteiger partial charge in [0.25, 0.3) is 5.91 Å². The minimum atomic E-state index is -0.154. The highest BCUT2D eigenvalue weighted by Crippen LogP contribution is 2.05. The van der Waals surface area contributed by atoms with Crippen molar-refractivity contribution in [2.45, 2.75) is 19.4 Å². The summed E-state index contributed by atoms with van der Waals surface area (Å²) in [7, 11) is 0. The van der Waals surface area contributed by atoms with Crippen molar-refractivity contribution in [2.75, 3.05) is 0 Å². The molecule has 1 rings (SSSR count). The summed E-state index contributed by atoms with van der Waals surface area (Å²) in [6.07, 6.45) is 0.826. The molecule has 0 saturated heterocycles. The van der Waals surface area contributed by atoms with Crippen molar-refractivity contribution in [1.82, 2.24) is 5.32 Å². The molecule has 1 N–H and O–H groups in total. The average Bonchev–Trinajstić information content (AvgIpc) is 2.18. The minimum Gasteiger partial charge on any atom is -0.349 e. The number of benzene rings is 1. The molecule has 3 heteroatoms. The standard InChI is InChI=1S/C12H14BrNO/c1-9(14-12(15)10(2)13)8-11-6-4-3-5-7-11/h3-7,9H,2,8H2,1H3,(H,14,15)/t9-/m0/s1. The first-order valence-corrected chi connectivity index (χ1v) is 5.58. The minimum absolute atomic E-state index is 0.106. The Bertz CT molecular complexity index is 348. The predicted octanol–water partition coefficient (Wildman–Crippen LogP) is 2.64. The number of carbonyl (C=O) groups is 1. The Balaban J connectivity index is 2.46. The maximum atomic E-state index is 11.3. The molecule has 0 aromatic heterocycles. The van der Waals surface area contributed by atoms with Crippen LogP contribution in [0.5, 0.6) is 0 Å². The topological polar surface area (TPSA) is 29.1 Å². The third-order valence-electron chi connectivity index (χ3n) is 2.01. The quantitative estimate of drug-likeness (QED) is 0.836. The second kappa shape index (κ2) is 5.71. The highest BCUT2D eigenvalue weighted by molar-refractivity contribution is 9.12. The van der Waals surface area contributed by atoms with E-state index in [9.17, 15) is 4.79 Å². The van der Waals surface area contributed by atoms with Gasteiger partial charge in [-0.2, -0.15) is 0 Å². The third-order valence-corrected chi connectivity index (χ3v) is 2.37. The van der Waals surface area contributed by atoms with Crippen LogP contribution in [0.4, 0.5) is 0 Å². The Kier molecular flexibility index (Phi) is 4.56. The SMILES string of the molecule is C=C(Br)C(=O)N[C@@H](C)Cc1ccccc1. The van der Waals surface area contributed by atoms with Crippen LogP contribution >= 0.6 is 15.9 Å². The number of hydrogen-bond acceptors (Lipinski definition) is 1. The van der Waals surface area contributed by atoms with Crippen LogP contribution in [0.15, 0.2) is 41.4 Å². The van der Waals surface area contributed by atoms with Gasteiger partial charge in [0.05, 0.1) is 4.48 Å². The second-order valence-electron chi connectivity index (χ2n) is 3.47. The first-order chi connectivity index (χ1) is 7.09. The molecule has 0 aliphatic carbocycles. The van der Waals surface area contributed by atoms with Crippen molar-refractivity contribution >= 4 is 21.8 Å². The fraction of sp³-hybridized carbons (Fsp3) is 0.250. The summed E-state index contributed by atoms with van der Waals surface area (Å²) in [5.74, 6) is -0.154. The lowest BCUT2D eigenvalue weighted by Crippen LogP contribution is -2.33. The molecule has 1 atom stereocenters. The van der Waals surface area contributed by atoms with Gasteiger partial charge in [0.1, 0.15) is 0 Å². The molecule has 0 saturated carbocycles. The Hall–Kier alpha value is -1.09. The van der Waals surface area contributed by atoms with Gasteiger partial charge in [0, 0.05) is 6.04 Å². The molecule has 1 amide bonds. The molecule has 0 heterocycles. The fourth-order valence-electron chi connectivity index (χ4n) is 1.32. The third kappa shape index (κ3) is 4.30. The van der Waals surface area contributed by atoms with Crippen LogP contribution in [0, 0.1) is 0 Å². The van der Waals surface area contributed by atoms with Gasteiger partial charge < -0.3 is 5.32 Å². The summed E-state index contributed by atoms with van der Waals surface area (Å²) >= 11 is 3.05. The van der Waals surface area contributed by atoms with Crippen molar-refractivity contribution in [1.29, 1.82) is 0 Å². The summed E-state index contributed by atoms with van der Waals surface area (Å²) < 4.78 is 0.363. The molecule has 1 aromatic carbocycles. The van der Waals surface area contributed by atoms with Crippen LogP contribution in [0.3, 0.4) is 0 Å². The molecular weight excluding hydrogens is 254 g/mol. The molecule has 0 unspecified atom stereocenters. The molecule has 0 spiro atoms. The number of rotatable bonds is 4. The monoisotopic (exact) mass is 267 g/mol. The average molecular weight is 268 g/mol. The van der Waals surface area contributed by atoms with Crippen molar-refractivity contribution < 1.29 is 4.79 Å². The lowest BCUT2D eigenvalue weighted by atomic mass is 10.1. The van der Waals surface area contributed by atoms with Gasteiger partial charge in [-0.1, -0.05) is 36.9 Å². The summed E-state index contributed by atoms with van der Waals surface area (Å²) in [6, 6.07) is 10.2. The van der Waals surface area contributed by atoms with E-state index >= 15 is 0 Å². The lowest BCUT2D eigenvalue weighted by Gasteiger charge is -2.13. The molecular formula is C12H14BrNO. The van der Waals surface area contributed by atoms with Gasteiger partial charge >= 0.3 is 0 Å². The smallest absolute Gasteiger partial charge is 0.257 e. The van der Waals surface area contributed by atoms with Crippen LogP contribution < -0.4 is 5.32 Å². The summed E-state index contributed by atoms with van der Waals surface area (Å²) in [4.78, 5) is 11.3. The van der Waals surface area contributed by atoms with E-state index in [0.29, 0.717) is 4.48 Å². The van der Waals surface area contributed by atoms with Gasteiger partial charge in [-0.25, -0.2) is 0 Å². The van der Waals surface area contributed by atoms with Gasteiger partial charge in [0.15, 0.2) is 0 Å². The molecule has 0 aliphatic rings. The summed E-state index contributed by atoms with van der Waals surface area (Å²) in [6.45, 7) is 5.49. The van der Waals surface area contributed by atoms with Crippen LogP contribution in [-0.4, -0.2) is 11.9 Å². The summed E-state index contributed by atoms with van der Waals surface area (Å²) in [5.41, 5.74) is 1.21. The van der Waals surface area contributed by atoms with Crippen molar-refractivity contribution in [3.05, 3.63) is 47.0 Å². The lowest BCUT2D eigenvalue weighted by molar-refractivity contribution is -0.117. The highest BCUT2D eigenvalue weighted by Gasteiger charge is 2.08. The number of nitrogens with one attached hydrogen (secondary N) is 1. The van der Waals surface area contributed by atoms with Crippen LogP contribution in [0.1, 0.15) is 12.5 Å². The number of hydrogen-bond donors (Lipinski definition) is 1. The van der Waals surface area contributed by atoms with E-state index in [0.717, 1.165) is 6.42 Å². The van der Waals surface area contributed by atoms with Gasteiger partial charge in [-0.15, -0.1) is 0 Å². The number of amides is 1. The zero-order valence-corrected chi connectivity index (χ0v) is 10.3. The van der Waals surface area contributed by atoms with Crippen LogP contribution in [0.25, 0.3) is 0 Å². The summed E-state index contributed by atoms with van der Waals surface area (Å²) in [5, 5.41) is 2.84. The Morgan fingerprint density at radius 2 is 2.07 bits per heavy atom. The van der Waals surface area contributed by atoms with E-state index in [1.165, 1.54) is 5.56 Å². The Morgan fingerprint density at radius 1 is 1.47 bits per heavy atom. The van der Waals surface area contributed by atoms with Gasteiger partial charge in [-0.3, -0.25) is 4.79 Å². The van der Waals surface area contributed by atoms with E-state index in [2.05, 4.69) is 27.8 Å². The van der Waals surface area contributed by atoms with E-state index in [1.54, 1.807) is 0 Å². The van der Waals surface area contributed by atoms with E-state index in [1.807, 2.05) is 37.3 Å². The Labute approximate surface area is 98.5 Å². The first kappa shape index (κ1) is 12.0. The zero-order chi connectivity index (χ0) is 11.3. The van der Waals surface area contributed by atoms with Gasteiger partial charge in [-0.05, 0) is 34.8 Å². The van der Waals surface area contributed by atoms with Gasteiger partial charge in [0.2, 0.25) is 0 Å². The van der Waals surface area contributed by atoms with Crippen molar-refractivity contribution in [3.63, 3.8) is 0 Å². The van der Waals surface area contributed by atoms with Crippen LogP contribution in [0.2, 0.25) is 0 Å². The highest BCUT2D eigenvalue weighted by atomic mass is 79.9.